The first kappa shape index (κ1) is 19.4. The van der Waals surface area contributed by atoms with Crippen molar-refractivity contribution in [3.8, 4) is 0 Å². The first-order chi connectivity index (χ1) is 11.9. The number of aliphatic carboxylic acids is 1. The third-order valence-corrected chi connectivity index (χ3v) is 5.12. The van der Waals surface area contributed by atoms with Gasteiger partial charge in [0.15, 0.2) is 0 Å². The average Bonchev–Trinajstić information content (AvgIpc) is 2.83. The van der Waals surface area contributed by atoms with Crippen molar-refractivity contribution < 1.29 is 14.7 Å². The lowest BCUT2D eigenvalue weighted by molar-refractivity contribution is -0.310. The Morgan fingerprint density at radius 3 is 2.64 bits per heavy atom. The summed E-state index contributed by atoms with van der Waals surface area (Å²) < 4.78 is 0.272. The van der Waals surface area contributed by atoms with Crippen LogP contribution in [0.15, 0.2) is 46.9 Å². The van der Waals surface area contributed by atoms with E-state index in [0.717, 1.165) is 29.3 Å². The van der Waals surface area contributed by atoms with E-state index in [1.54, 1.807) is 6.08 Å². The highest BCUT2D eigenvalue weighted by Gasteiger charge is 2.37. The van der Waals surface area contributed by atoms with Crippen LogP contribution in [0.5, 0.6) is 0 Å². The normalized spacial score (nSPS) is 18.1. The molecule has 0 radical (unpaired) electrons. The maximum Gasteiger partial charge on any atom is 0.266 e. The number of carbonyl (C=O) groups excluding carboxylic acids is 2. The Balaban J connectivity index is 2.22. The maximum atomic E-state index is 12.6. The number of nitrogens with zero attached hydrogens (tertiary/aromatic N) is 1. The molecule has 1 fully saturated rings. The van der Waals surface area contributed by atoms with Crippen LogP contribution in [0.2, 0.25) is 0 Å². The van der Waals surface area contributed by atoms with Crippen LogP contribution in [0.4, 0.5) is 0 Å². The van der Waals surface area contributed by atoms with E-state index in [9.17, 15) is 14.7 Å². The van der Waals surface area contributed by atoms with Crippen LogP contribution >= 0.6 is 24.0 Å². The summed E-state index contributed by atoms with van der Waals surface area (Å²) >= 11 is 6.38. The number of carboxylic acids is 1. The first-order valence-corrected chi connectivity index (χ1v) is 9.37. The summed E-state index contributed by atoms with van der Waals surface area (Å²) in [5.41, 5.74) is 1.92. The smallest absolute Gasteiger partial charge is 0.266 e. The van der Waals surface area contributed by atoms with Crippen molar-refractivity contribution in [1.82, 2.24) is 4.90 Å². The number of hydrogen-bond acceptors (Lipinski definition) is 5. The van der Waals surface area contributed by atoms with Crippen molar-refractivity contribution in [2.24, 2.45) is 0 Å². The number of rotatable bonds is 7. The van der Waals surface area contributed by atoms with Crippen LogP contribution in [0.1, 0.15) is 38.7 Å². The molecule has 2 rings (SSSR count). The largest absolute Gasteiger partial charge is 0.548 e. The summed E-state index contributed by atoms with van der Waals surface area (Å²) in [6.45, 7) is 3.86. The third-order valence-electron chi connectivity index (χ3n) is 3.79. The minimum absolute atomic E-state index is 0.272. The van der Waals surface area contributed by atoms with Crippen molar-refractivity contribution in [2.75, 3.05) is 0 Å². The summed E-state index contributed by atoms with van der Waals surface area (Å²) in [5.74, 6) is -1.62. The van der Waals surface area contributed by atoms with Gasteiger partial charge >= 0.3 is 0 Å². The summed E-state index contributed by atoms with van der Waals surface area (Å²) in [5, 5.41) is 11.4. The van der Waals surface area contributed by atoms with E-state index in [1.807, 2.05) is 50.3 Å². The molecule has 1 saturated heterocycles. The second kappa shape index (κ2) is 8.97. The highest BCUT2D eigenvalue weighted by molar-refractivity contribution is 8.26. The molecule has 1 amide bonds. The monoisotopic (exact) mass is 374 g/mol. The SMILES string of the molecule is CCCC[C@H](C(=O)[O-])N1C(=O)/C(=C/C(C)=C/c2ccccc2)SC1=S. The maximum absolute atomic E-state index is 12.6. The molecular weight excluding hydrogens is 354 g/mol. The van der Waals surface area contributed by atoms with Crippen molar-refractivity contribution in [1.29, 1.82) is 0 Å². The highest BCUT2D eigenvalue weighted by atomic mass is 32.2. The molecule has 6 heteroatoms. The molecule has 1 atom stereocenters. The van der Waals surface area contributed by atoms with E-state index >= 15 is 0 Å². The fourth-order valence-electron chi connectivity index (χ4n) is 2.56. The molecule has 0 aromatic heterocycles. The predicted molar refractivity (Wildman–Crippen MR) is 104 cm³/mol. The molecule has 1 aliphatic heterocycles. The number of amides is 1. The lowest BCUT2D eigenvalue weighted by atomic mass is 10.1. The molecule has 1 aromatic rings. The van der Waals surface area contributed by atoms with Crippen molar-refractivity contribution in [3.63, 3.8) is 0 Å². The van der Waals surface area contributed by atoms with Gasteiger partial charge in [0, 0.05) is 0 Å². The average molecular weight is 375 g/mol. The zero-order valence-corrected chi connectivity index (χ0v) is 15.9. The van der Waals surface area contributed by atoms with Gasteiger partial charge in [-0.05, 0) is 30.6 Å². The molecule has 0 bridgehead atoms. The summed E-state index contributed by atoms with van der Waals surface area (Å²) in [4.78, 5) is 25.7. The number of carboxylic acid groups (broad SMARTS) is 1. The predicted octanol–water partition coefficient (Wildman–Crippen LogP) is 3.14. The zero-order valence-electron chi connectivity index (χ0n) is 14.2. The molecule has 1 heterocycles. The molecule has 0 saturated carbocycles. The molecule has 0 spiro atoms. The lowest BCUT2D eigenvalue weighted by Crippen LogP contribution is -2.49. The van der Waals surface area contributed by atoms with Crippen LogP contribution in [0.25, 0.3) is 6.08 Å². The number of benzene rings is 1. The van der Waals surface area contributed by atoms with Gasteiger partial charge in [-0.2, -0.15) is 0 Å². The highest BCUT2D eigenvalue weighted by Crippen LogP contribution is 2.34. The van der Waals surface area contributed by atoms with Crippen LogP contribution in [-0.2, 0) is 9.59 Å². The molecule has 0 N–H and O–H groups in total. The summed E-state index contributed by atoms with van der Waals surface area (Å²) in [7, 11) is 0. The van der Waals surface area contributed by atoms with E-state index in [4.69, 9.17) is 12.2 Å². The quantitative estimate of drug-likeness (QED) is 0.542. The van der Waals surface area contributed by atoms with E-state index < -0.39 is 12.0 Å². The minimum atomic E-state index is -1.26. The van der Waals surface area contributed by atoms with Gasteiger partial charge in [-0.1, -0.05) is 80.2 Å². The van der Waals surface area contributed by atoms with Crippen LogP contribution in [0, 0.1) is 0 Å². The Kier molecular flexibility index (Phi) is 6.96. The summed E-state index contributed by atoms with van der Waals surface area (Å²) in [6.07, 6.45) is 5.59. The second-order valence-electron chi connectivity index (χ2n) is 5.83. The van der Waals surface area contributed by atoms with Gasteiger partial charge in [-0.3, -0.25) is 9.69 Å². The first-order valence-electron chi connectivity index (χ1n) is 8.15. The Morgan fingerprint density at radius 1 is 1.36 bits per heavy atom. The van der Waals surface area contributed by atoms with Gasteiger partial charge in [-0.15, -0.1) is 0 Å². The lowest BCUT2D eigenvalue weighted by Gasteiger charge is -2.27. The van der Waals surface area contributed by atoms with Gasteiger partial charge in [0.25, 0.3) is 5.91 Å². The number of unbranched alkanes of at least 4 members (excludes halogenated alkanes) is 1. The molecule has 25 heavy (non-hydrogen) atoms. The topological polar surface area (TPSA) is 60.4 Å². The Bertz CT molecular complexity index is 725. The fourth-order valence-corrected chi connectivity index (χ4v) is 3.97. The Hall–Kier alpha value is -1.92. The van der Waals surface area contributed by atoms with E-state index in [0.29, 0.717) is 17.7 Å². The zero-order chi connectivity index (χ0) is 18.4. The van der Waals surface area contributed by atoms with E-state index in [2.05, 4.69) is 0 Å². The summed E-state index contributed by atoms with van der Waals surface area (Å²) in [6, 6.07) is 8.76. The standard InChI is InChI=1S/C19H21NO3S2/c1-3-4-10-15(18(22)23)20-17(21)16(25-19(20)24)12-13(2)11-14-8-6-5-7-9-14/h5-9,11-12,15H,3-4,10H2,1-2H3,(H,22,23)/p-1/b13-11+,16-12-/t15-/m1/s1. The van der Waals surface area contributed by atoms with Crippen molar-refractivity contribution in [2.45, 2.75) is 39.2 Å². The molecule has 1 aromatic carbocycles. The Labute approximate surface area is 157 Å². The molecule has 1 aliphatic rings. The van der Waals surface area contributed by atoms with Gasteiger partial charge < -0.3 is 9.90 Å². The van der Waals surface area contributed by atoms with Crippen LogP contribution in [-0.4, -0.2) is 27.1 Å². The number of hydrogen-bond donors (Lipinski definition) is 0. The van der Waals surface area contributed by atoms with Gasteiger partial charge in [0.05, 0.1) is 16.9 Å². The number of allylic oxidation sites excluding steroid dienone is 2. The number of thiocarbonyl (C=S) groups is 1. The molecule has 132 valence electrons. The van der Waals surface area contributed by atoms with Gasteiger partial charge in [0.2, 0.25) is 0 Å². The van der Waals surface area contributed by atoms with E-state index in [1.165, 1.54) is 4.90 Å². The second-order valence-corrected chi connectivity index (χ2v) is 7.50. The fraction of sp³-hybridized carbons (Fsp3) is 0.316. The molecule has 4 nitrogen and oxygen atoms in total. The van der Waals surface area contributed by atoms with Gasteiger partial charge in [0.1, 0.15) is 4.32 Å². The molecular formula is C19H20NO3S2-. The van der Waals surface area contributed by atoms with Gasteiger partial charge in [-0.25, -0.2) is 0 Å². The van der Waals surface area contributed by atoms with Crippen LogP contribution < -0.4 is 5.11 Å². The number of carbonyl (C=O) groups is 2. The number of thioether (sulfide) groups is 1. The van der Waals surface area contributed by atoms with Crippen molar-refractivity contribution in [3.05, 3.63) is 52.4 Å². The molecule has 0 aliphatic carbocycles. The Morgan fingerprint density at radius 2 is 2.04 bits per heavy atom. The van der Waals surface area contributed by atoms with Crippen LogP contribution in [0.3, 0.4) is 0 Å². The van der Waals surface area contributed by atoms with Crippen molar-refractivity contribution >= 4 is 46.3 Å². The molecule has 0 unspecified atom stereocenters. The third kappa shape index (κ3) is 5.03. The van der Waals surface area contributed by atoms with E-state index in [-0.39, 0.29) is 10.2 Å². The minimum Gasteiger partial charge on any atom is -0.548 e.